The average Bonchev–Trinajstić information content (AvgIpc) is 3.21. The van der Waals surface area contributed by atoms with Gasteiger partial charge in [-0.3, -0.25) is 9.59 Å². The Kier molecular flexibility index (Phi) is 8.72. The fraction of sp³-hybridized carbons (Fsp3) is 0.850. The van der Waals surface area contributed by atoms with E-state index in [1.807, 2.05) is 4.90 Å². The highest BCUT2D eigenvalue weighted by Crippen LogP contribution is 2.22. The van der Waals surface area contributed by atoms with Gasteiger partial charge in [0, 0.05) is 65.3 Å². The Bertz CT molecular complexity index is 783. The van der Waals surface area contributed by atoms with Crippen molar-refractivity contribution in [3.63, 3.8) is 0 Å². The fourth-order valence-electron chi connectivity index (χ4n) is 4.41. The molecular weight excluding hydrogens is 438 g/mol. The van der Waals surface area contributed by atoms with Crippen LogP contribution in [-0.4, -0.2) is 110 Å². The molecule has 1 N–H and O–H groups in total. The molecule has 0 aromatic carbocycles. The number of hydrogen-bond donors (Lipinski definition) is 1. The summed E-state index contributed by atoms with van der Waals surface area (Å²) >= 11 is 0. The number of piperidine rings is 1. The van der Waals surface area contributed by atoms with Crippen LogP contribution >= 0.6 is 0 Å². The Morgan fingerprint density at radius 3 is 2.47 bits per heavy atom. The molecule has 0 aliphatic carbocycles. The van der Waals surface area contributed by atoms with E-state index in [-0.39, 0.29) is 57.1 Å². The molecule has 0 spiro atoms. The third-order valence-electron chi connectivity index (χ3n) is 6.25. The molecule has 3 aliphatic rings. The Morgan fingerprint density at radius 1 is 1.06 bits per heavy atom. The number of nitrogens with one attached hydrogen (secondary N) is 1. The quantitative estimate of drug-likeness (QED) is 0.490. The van der Waals surface area contributed by atoms with Crippen molar-refractivity contribution in [1.82, 2.24) is 23.7 Å². The number of carbonyl (C=O) groups excluding carboxylic acids is 3. The van der Waals surface area contributed by atoms with E-state index in [0.717, 1.165) is 13.0 Å². The smallest absolute Gasteiger partial charge is 0.409 e. The molecule has 3 heterocycles. The monoisotopic (exact) mass is 473 g/mol. The predicted molar refractivity (Wildman–Crippen MR) is 117 cm³/mol. The molecule has 0 aromatic heterocycles. The average molecular weight is 474 g/mol. The zero-order valence-electron chi connectivity index (χ0n) is 18.8. The Hall–Kier alpha value is -1.92. The van der Waals surface area contributed by atoms with Gasteiger partial charge in [-0.1, -0.05) is 0 Å². The maximum atomic E-state index is 13.1. The fourth-order valence-corrected chi connectivity index (χ4v) is 6.09. The van der Waals surface area contributed by atoms with E-state index in [2.05, 4.69) is 5.32 Å². The Labute approximate surface area is 190 Å². The first-order chi connectivity index (χ1) is 15.3. The minimum atomic E-state index is -3.69. The topological polar surface area (TPSA) is 120 Å². The number of likely N-dealkylation sites (tertiary alicyclic amines) is 1. The Balaban J connectivity index is 1.44. The third-order valence-corrected chi connectivity index (χ3v) is 8.25. The van der Waals surface area contributed by atoms with Gasteiger partial charge in [-0.15, -0.1) is 0 Å². The maximum absolute atomic E-state index is 13.1. The van der Waals surface area contributed by atoms with Crippen LogP contribution in [0.3, 0.4) is 0 Å². The highest BCUT2D eigenvalue weighted by atomic mass is 32.2. The van der Waals surface area contributed by atoms with Gasteiger partial charge in [-0.25, -0.2) is 4.79 Å². The molecule has 12 heteroatoms. The molecule has 3 saturated heterocycles. The first kappa shape index (κ1) is 24.7. The van der Waals surface area contributed by atoms with Crippen molar-refractivity contribution in [2.24, 2.45) is 5.92 Å². The first-order valence-corrected chi connectivity index (χ1v) is 12.9. The Morgan fingerprint density at radius 2 is 1.81 bits per heavy atom. The van der Waals surface area contributed by atoms with E-state index in [4.69, 9.17) is 4.74 Å². The SMILES string of the molecule is CCOC(=O)N1CCN(S(=O)(=O)N2CCCC(C(=O)NCCCN3CCCC3=O)C2)CC1. The van der Waals surface area contributed by atoms with Gasteiger partial charge >= 0.3 is 6.09 Å². The molecule has 3 amide bonds. The lowest BCUT2D eigenvalue weighted by molar-refractivity contribution is -0.127. The molecule has 11 nitrogen and oxygen atoms in total. The number of carbonyl (C=O) groups is 3. The molecule has 3 fully saturated rings. The van der Waals surface area contributed by atoms with E-state index in [1.54, 1.807) is 6.92 Å². The molecule has 182 valence electrons. The van der Waals surface area contributed by atoms with Crippen molar-refractivity contribution < 1.29 is 27.5 Å². The first-order valence-electron chi connectivity index (χ1n) is 11.6. The summed E-state index contributed by atoms with van der Waals surface area (Å²) in [6.45, 7) is 5.47. The summed E-state index contributed by atoms with van der Waals surface area (Å²) in [5, 5.41) is 2.90. The van der Waals surface area contributed by atoms with Crippen molar-refractivity contribution in [3.8, 4) is 0 Å². The highest BCUT2D eigenvalue weighted by molar-refractivity contribution is 7.86. The highest BCUT2D eigenvalue weighted by Gasteiger charge is 2.37. The molecule has 0 aromatic rings. The number of rotatable bonds is 8. The van der Waals surface area contributed by atoms with Gasteiger partial charge in [0.05, 0.1) is 12.5 Å². The number of piperazine rings is 1. The lowest BCUT2D eigenvalue weighted by Crippen LogP contribution is -2.56. The zero-order chi connectivity index (χ0) is 23.1. The maximum Gasteiger partial charge on any atom is 0.409 e. The summed E-state index contributed by atoms with van der Waals surface area (Å²) in [7, 11) is -3.69. The van der Waals surface area contributed by atoms with Crippen LogP contribution in [0, 0.1) is 5.92 Å². The summed E-state index contributed by atoms with van der Waals surface area (Å²) in [5.74, 6) is -0.343. The van der Waals surface area contributed by atoms with Crippen LogP contribution in [0.2, 0.25) is 0 Å². The summed E-state index contributed by atoms with van der Waals surface area (Å²) in [4.78, 5) is 39.4. The largest absolute Gasteiger partial charge is 0.450 e. The van der Waals surface area contributed by atoms with Gasteiger partial charge in [0.15, 0.2) is 0 Å². The van der Waals surface area contributed by atoms with E-state index < -0.39 is 16.3 Å². The predicted octanol–water partition coefficient (Wildman–Crippen LogP) is -0.154. The van der Waals surface area contributed by atoms with Gasteiger partial charge in [0.2, 0.25) is 11.8 Å². The second-order valence-corrected chi connectivity index (χ2v) is 10.3. The van der Waals surface area contributed by atoms with Crippen LogP contribution in [0.15, 0.2) is 0 Å². The number of hydrogen-bond acceptors (Lipinski definition) is 6. The van der Waals surface area contributed by atoms with Crippen molar-refractivity contribution >= 4 is 28.1 Å². The van der Waals surface area contributed by atoms with Crippen LogP contribution < -0.4 is 5.32 Å². The van der Waals surface area contributed by atoms with Crippen LogP contribution in [-0.2, 0) is 24.5 Å². The molecule has 3 aliphatic heterocycles. The molecule has 0 radical (unpaired) electrons. The number of ether oxygens (including phenoxy) is 1. The van der Waals surface area contributed by atoms with Crippen molar-refractivity contribution in [3.05, 3.63) is 0 Å². The minimum Gasteiger partial charge on any atom is -0.450 e. The summed E-state index contributed by atoms with van der Waals surface area (Å²) in [6.07, 6.45) is 3.05. The molecule has 1 atom stereocenters. The zero-order valence-corrected chi connectivity index (χ0v) is 19.6. The van der Waals surface area contributed by atoms with E-state index in [9.17, 15) is 22.8 Å². The van der Waals surface area contributed by atoms with Crippen molar-refractivity contribution in [1.29, 1.82) is 0 Å². The lowest BCUT2D eigenvalue weighted by Gasteiger charge is -2.38. The lowest BCUT2D eigenvalue weighted by atomic mass is 9.99. The van der Waals surface area contributed by atoms with Crippen LogP contribution in [0.25, 0.3) is 0 Å². The molecule has 1 unspecified atom stereocenters. The molecule has 0 bridgehead atoms. The van der Waals surface area contributed by atoms with E-state index in [0.29, 0.717) is 45.3 Å². The standard InChI is InChI=1S/C20H35N5O6S/c1-2-31-20(28)23-12-14-24(15-13-23)32(29,30)25-11-3-6-17(16-25)19(27)21-8-5-10-22-9-4-7-18(22)26/h17H,2-16H2,1H3,(H,21,27). The minimum absolute atomic E-state index is 0.134. The van der Waals surface area contributed by atoms with Gasteiger partial charge in [-0.2, -0.15) is 17.0 Å². The number of amides is 3. The number of nitrogens with zero attached hydrogens (tertiary/aromatic N) is 4. The summed E-state index contributed by atoms with van der Waals surface area (Å²) in [5.41, 5.74) is 0. The van der Waals surface area contributed by atoms with Gasteiger partial charge in [0.25, 0.3) is 10.2 Å². The van der Waals surface area contributed by atoms with Crippen molar-refractivity contribution in [2.75, 3.05) is 65.5 Å². The molecular formula is C20H35N5O6S. The molecule has 3 rings (SSSR count). The summed E-state index contributed by atoms with van der Waals surface area (Å²) < 4.78 is 34.0. The van der Waals surface area contributed by atoms with Crippen molar-refractivity contribution in [2.45, 2.75) is 39.0 Å². The second kappa shape index (κ2) is 11.3. The van der Waals surface area contributed by atoms with Crippen LogP contribution in [0.4, 0.5) is 4.79 Å². The normalized spacial score (nSPS) is 23.4. The van der Waals surface area contributed by atoms with E-state index in [1.165, 1.54) is 13.5 Å². The summed E-state index contributed by atoms with van der Waals surface area (Å²) in [6, 6.07) is 0. The molecule has 0 saturated carbocycles. The van der Waals surface area contributed by atoms with Gasteiger partial charge in [0.1, 0.15) is 0 Å². The second-order valence-electron chi connectivity index (χ2n) is 8.42. The molecule has 32 heavy (non-hydrogen) atoms. The third kappa shape index (κ3) is 6.10. The van der Waals surface area contributed by atoms with Crippen LogP contribution in [0.1, 0.15) is 39.0 Å². The van der Waals surface area contributed by atoms with Crippen LogP contribution in [0.5, 0.6) is 0 Å². The van der Waals surface area contributed by atoms with Gasteiger partial charge in [-0.05, 0) is 32.6 Å². The van der Waals surface area contributed by atoms with E-state index >= 15 is 0 Å². The van der Waals surface area contributed by atoms with Gasteiger partial charge < -0.3 is 19.9 Å².